The summed E-state index contributed by atoms with van der Waals surface area (Å²) in [6.45, 7) is 2.09. The Morgan fingerprint density at radius 2 is 2.20 bits per heavy atom. The summed E-state index contributed by atoms with van der Waals surface area (Å²) >= 11 is 2.13. The molecule has 0 heterocycles. The van der Waals surface area contributed by atoms with E-state index in [1.165, 1.54) is 0 Å². The lowest BCUT2D eigenvalue weighted by Crippen LogP contribution is -2.10. The zero-order valence-electron chi connectivity index (χ0n) is 8.44. The highest BCUT2D eigenvalue weighted by Crippen LogP contribution is 2.22. The van der Waals surface area contributed by atoms with Gasteiger partial charge in [-0.3, -0.25) is 4.79 Å². The molecule has 1 unspecified atom stereocenters. The zero-order valence-corrected chi connectivity index (χ0v) is 10.6. The lowest BCUT2D eigenvalue weighted by molar-refractivity contribution is -0.145. The summed E-state index contributed by atoms with van der Waals surface area (Å²) in [6, 6.07) is 7.43. The van der Waals surface area contributed by atoms with Crippen LogP contribution in [0.25, 0.3) is 0 Å². The van der Waals surface area contributed by atoms with E-state index in [4.69, 9.17) is 4.74 Å². The van der Waals surface area contributed by atoms with Crippen molar-refractivity contribution < 1.29 is 14.6 Å². The molecule has 0 amide bonds. The highest BCUT2D eigenvalue weighted by molar-refractivity contribution is 14.1. The summed E-state index contributed by atoms with van der Waals surface area (Å²) in [5, 5.41) is 9.79. The van der Waals surface area contributed by atoms with E-state index < -0.39 is 6.10 Å². The molecule has 0 aliphatic rings. The lowest BCUT2D eigenvalue weighted by Gasteiger charge is -2.11. The van der Waals surface area contributed by atoms with Gasteiger partial charge in [0.15, 0.2) is 0 Å². The predicted octanol–water partition coefficient (Wildman–Crippen LogP) is 2.28. The third-order valence-corrected chi connectivity index (χ3v) is 2.91. The van der Waals surface area contributed by atoms with Gasteiger partial charge in [-0.1, -0.05) is 18.2 Å². The van der Waals surface area contributed by atoms with E-state index in [0.717, 1.165) is 9.13 Å². The predicted molar refractivity (Wildman–Crippen MR) is 65.4 cm³/mol. The molecule has 3 nitrogen and oxygen atoms in total. The van der Waals surface area contributed by atoms with Gasteiger partial charge in [-0.2, -0.15) is 0 Å². The van der Waals surface area contributed by atoms with Gasteiger partial charge < -0.3 is 9.84 Å². The van der Waals surface area contributed by atoms with Crippen molar-refractivity contribution in [2.24, 2.45) is 0 Å². The molecule has 0 spiro atoms. The van der Waals surface area contributed by atoms with E-state index in [-0.39, 0.29) is 12.4 Å². The molecule has 15 heavy (non-hydrogen) atoms. The Bertz CT molecular complexity index is 338. The maximum absolute atomic E-state index is 11.2. The number of ether oxygens (including phenoxy) is 1. The second-order valence-electron chi connectivity index (χ2n) is 3.05. The fourth-order valence-corrected chi connectivity index (χ4v) is 1.98. The number of halogens is 1. The maximum Gasteiger partial charge on any atom is 0.308 e. The molecule has 0 fully saturated rings. The highest BCUT2D eigenvalue weighted by Gasteiger charge is 2.15. The van der Waals surface area contributed by atoms with Gasteiger partial charge >= 0.3 is 5.97 Å². The molecule has 0 saturated heterocycles. The number of hydrogen-bond acceptors (Lipinski definition) is 3. The molecule has 0 aliphatic carbocycles. The van der Waals surface area contributed by atoms with Crippen LogP contribution in [0.5, 0.6) is 0 Å². The molecule has 0 radical (unpaired) electrons. The molecule has 1 aromatic carbocycles. The largest absolute Gasteiger partial charge is 0.466 e. The van der Waals surface area contributed by atoms with Gasteiger partial charge in [-0.05, 0) is 41.1 Å². The molecule has 1 aromatic rings. The Hall–Kier alpha value is -0.620. The van der Waals surface area contributed by atoms with Gasteiger partial charge in [0.1, 0.15) is 0 Å². The van der Waals surface area contributed by atoms with Crippen LogP contribution in [0.2, 0.25) is 0 Å². The minimum Gasteiger partial charge on any atom is -0.466 e. The summed E-state index contributed by atoms with van der Waals surface area (Å²) in [5.74, 6) is -0.371. The number of benzene rings is 1. The normalized spacial score (nSPS) is 12.2. The number of hydrogen-bond donors (Lipinski definition) is 1. The number of aliphatic hydroxyl groups excluding tert-OH is 1. The van der Waals surface area contributed by atoms with Gasteiger partial charge in [-0.15, -0.1) is 0 Å². The van der Waals surface area contributed by atoms with E-state index >= 15 is 0 Å². The van der Waals surface area contributed by atoms with Gasteiger partial charge in [0, 0.05) is 3.57 Å². The van der Waals surface area contributed by atoms with Crippen LogP contribution in [-0.2, 0) is 9.53 Å². The molecule has 1 rings (SSSR count). The summed E-state index contributed by atoms with van der Waals surface area (Å²) < 4.78 is 5.72. The van der Waals surface area contributed by atoms with Crippen molar-refractivity contribution in [3.8, 4) is 0 Å². The number of aliphatic hydroxyl groups is 1. The number of rotatable bonds is 4. The molecule has 82 valence electrons. The topological polar surface area (TPSA) is 46.5 Å². The Balaban J connectivity index is 2.65. The Morgan fingerprint density at radius 3 is 2.80 bits per heavy atom. The number of esters is 1. The Kier molecular flexibility index (Phi) is 5.04. The number of carbonyl (C=O) groups is 1. The molecule has 0 aromatic heterocycles. The van der Waals surface area contributed by atoms with Crippen LogP contribution in [0.1, 0.15) is 25.0 Å². The van der Waals surface area contributed by atoms with Crippen LogP contribution in [0.3, 0.4) is 0 Å². The molecule has 1 atom stereocenters. The summed E-state index contributed by atoms with van der Waals surface area (Å²) in [6.07, 6.45) is -0.773. The van der Waals surface area contributed by atoms with Crippen molar-refractivity contribution in [1.29, 1.82) is 0 Å². The van der Waals surface area contributed by atoms with Crippen molar-refractivity contribution in [3.63, 3.8) is 0 Å². The highest BCUT2D eigenvalue weighted by atomic mass is 127. The zero-order chi connectivity index (χ0) is 11.3. The molecular formula is C11H13IO3. The fraction of sp³-hybridized carbons (Fsp3) is 0.364. The van der Waals surface area contributed by atoms with Crippen LogP contribution in [-0.4, -0.2) is 17.7 Å². The quantitative estimate of drug-likeness (QED) is 0.684. The van der Waals surface area contributed by atoms with Crippen molar-refractivity contribution in [2.75, 3.05) is 6.61 Å². The molecule has 0 bridgehead atoms. The molecule has 1 N–H and O–H groups in total. The third-order valence-electron chi connectivity index (χ3n) is 1.93. The molecule has 0 saturated carbocycles. The van der Waals surface area contributed by atoms with Gasteiger partial charge in [0.25, 0.3) is 0 Å². The van der Waals surface area contributed by atoms with Crippen LogP contribution >= 0.6 is 22.6 Å². The monoisotopic (exact) mass is 320 g/mol. The summed E-state index contributed by atoms with van der Waals surface area (Å²) in [4.78, 5) is 11.2. The van der Waals surface area contributed by atoms with Crippen molar-refractivity contribution in [3.05, 3.63) is 33.4 Å². The van der Waals surface area contributed by atoms with E-state index in [2.05, 4.69) is 22.6 Å². The van der Waals surface area contributed by atoms with E-state index in [9.17, 15) is 9.90 Å². The first-order valence-corrected chi connectivity index (χ1v) is 5.81. The van der Waals surface area contributed by atoms with Gasteiger partial charge in [-0.25, -0.2) is 0 Å². The SMILES string of the molecule is CCOC(=O)CC(O)c1ccccc1I. The van der Waals surface area contributed by atoms with E-state index in [1.807, 2.05) is 24.3 Å². The third kappa shape index (κ3) is 3.79. The van der Waals surface area contributed by atoms with Crippen molar-refractivity contribution in [1.82, 2.24) is 0 Å². The first-order chi connectivity index (χ1) is 7.15. The van der Waals surface area contributed by atoms with Crippen LogP contribution in [0.15, 0.2) is 24.3 Å². The fourth-order valence-electron chi connectivity index (χ4n) is 1.23. The van der Waals surface area contributed by atoms with Gasteiger partial charge in [0.2, 0.25) is 0 Å². The Morgan fingerprint density at radius 1 is 1.53 bits per heavy atom. The van der Waals surface area contributed by atoms with E-state index in [1.54, 1.807) is 6.92 Å². The van der Waals surface area contributed by atoms with Gasteiger partial charge in [0.05, 0.1) is 19.1 Å². The second-order valence-corrected chi connectivity index (χ2v) is 4.21. The van der Waals surface area contributed by atoms with Crippen LogP contribution < -0.4 is 0 Å². The first kappa shape index (κ1) is 12.4. The standard InChI is InChI=1S/C11H13IO3/c1-2-15-11(14)7-10(13)8-5-3-4-6-9(8)12/h3-6,10,13H,2,7H2,1H3. The summed E-state index contributed by atoms with van der Waals surface area (Å²) in [7, 11) is 0. The lowest BCUT2D eigenvalue weighted by atomic mass is 10.1. The van der Waals surface area contributed by atoms with Crippen molar-refractivity contribution in [2.45, 2.75) is 19.4 Å². The van der Waals surface area contributed by atoms with E-state index in [0.29, 0.717) is 6.61 Å². The Labute approximate surface area is 103 Å². The summed E-state index contributed by atoms with van der Waals surface area (Å²) in [5.41, 5.74) is 0.770. The van der Waals surface area contributed by atoms with Crippen LogP contribution in [0.4, 0.5) is 0 Å². The number of carbonyl (C=O) groups excluding carboxylic acids is 1. The smallest absolute Gasteiger partial charge is 0.308 e. The molecule has 0 aliphatic heterocycles. The minimum absolute atomic E-state index is 0.00779. The molecule has 4 heteroatoms. The minimum atomic E-state index is -0.780. The average Bonchev–Trinajstić information content (AvgIpc) is 2.18. The maximum atomic E-state index is 11.2. The van der Waals surface area contributed by atoms with Crippen LogP contribution in [0, 0.1) is 3.57 Å². The second kappa shape index (κ2) is 6.07. The van der Waals surface area contributed by atoms with Crippen molar-refractivity contribution >= 4 is 28.6 Å². The average molecular weight is 320 g/mol. The first-order valence-electron chi connectivity index (χ1n) is 4.73. The molecular weight excluding hydrogens is 307 g/mol.